The number of aromatic amines is 1. The molecule has 0 aliphatic heterocycles. The zero-order chi connectivity index (χ0) is 13.0. The summed E-state index contributed by atoms with van der Waals surface area (Å²) in [6, 6.07) is 7.90. The van der Waals surface area contributed by atoms with Gasteiger partial charge in [0, 0.05) is 18.3 Å². The van der Waals surface area contributed by atoms with Crippen LogP contribution in [0.15, 0.2) is 30.5 Å². The van der Waals surface area contributed by atoms with E-state index in [4.69, 9.17) is 0 Å². The molecule has 5 nitrogen and oxygen atoms in total. The summed E-state index contributed by atoms with van der Waals surface area (Å²) >= 11 is 0. The minimum absolute atomic E-state index is 0.319. The van der Waals surface area contributed by atoms with Crippen molar-refractivity contribution in [3.63, 3.8) is 0 Å². The second-order valence-electron chi connectivity index (χ2n) is 4.47. The predicted octanol–water partition coefficient (Wildman–Crippen LogP) is -0.0268. The highest BCUT2D eigenvalue weighted by atomic mass is 16.3. The van der Waals surface area contributed by atoms with Gasteiger partial charge in [-0.05, 0) is 17.0 Å². The number of nitrogens with one attached hydrogen (secondary N) is 2. The van der Waals surface area contributed by atoms with Gasteiger partial charge in [-0.3, -0.25) is 0 Å². The van der Waals surface area contributed by atoms with Gasteiger partial charge in [-0.1, -0.05) is 18.2 Å². The molecule has 0 atom stereocenters. The van der Waals surface area contributed by atoms with Crippen LogP contribution in [0.25, 0.3) is 10.9 Å². The highest BCUT2D eigenvalue weighted by Crippen LogP contribution is 2.17. The molecule has 1 aromatic heterocycles. The largest absolute Gasteiger partial charge is 0.394 e. The van der Waals surface area contributed by atoms with Crippen LogP contribution < -0.4 is 5.32 Å². The number of aliphatic hydroxyl groups is 3. The molecular weight excluding hydrogens is 232 g/mol. The Morgan fingerprint density at radius 2 is 1.78 bits per heavy atom. The Bertz CT molecular complexity index is 497. The van der Waals surface area contributed by atoms with Crippen molar-refractivity contribution < 1.29 is 15.3 Å². The number of aliphatic hydroxyl groups excluding tert-OH is 3. The second kappa shape index (κ2) is 5.49. The average Bonchev–Trinajstić information content (AvgIpc) is 2.90. The molecule has 1 aromatic carbocycles. The van der Waals surface area contributed by atoms with Gasteiger partial charge >= 0.3 is 0 Å². The van der Waals surface area contributed by atoms with Gasteiger partial charge in [0.05, 0.1) is 25.4 Å². The van der Waals surface area contributed by atoms with Crippen molar-refractivity contribution in [1.29, 1.82) is 0 Å². The number of fused-ring (bicyclic) bond motifs is 1. The number of benzene rings is 1. The lowest BCUT2D eigenvalue weighted by Crippen LogP contribution is -2.54. The van der Waals surface area contributed by atoms with Crippen LogP contribution in [0.4, 0.5) is 0 Å². The summed E-state index contributed by atoms with van der Waals surface area (Å²) in [5.41, 5.74) is 0.999. The van der Waals surface area contributed by atoms with Gasteiger partial charge in [0.25, 0.3) is 0 Å². The normalized spacial score (nSPS) is 12.2. The SMILES string of the molecule is OCC(CO)(CO)NCc1cccc2cc[nH]c12. The smallest absolute Gasteiger partial charge is 0.0884 e. The molecular formula is C13H18N2O3. The van der Waals surface area contributed by atoms with Crippen molar-refractivity contribution in [3.8, 4) is 0 Å². The molecule has 0 saturated carbocycles. The lowest BCUT2D eigenvalue weighted by molar-refractivity contribution is 0.0414. The van der Waals surface area contributed by atoms with Crippen molar-refractivity contribution in [2.24, 2.45) is 0 Å². The number of aromatic nitrogens is 1. The molecule has 0 fully saturated rings. The van der Waals surface area contributed by atoms with E-state index < -0.39 is 5.54 Å². The Morgan fingerprint density at radius 3 is 2.44 bits per heavy atom. The highest BCUT2D eigenvalue weighted by Gasteiger charge is 2.27. The van der Waals surface area contributed by atoms with Gasteiger partial charge in [0.1, 0.15) is 0 Å². The van der Waals surface area contributed by atoms with Crippen molar-refractivity contribution >= 4 is 10.9 Å². The molecule has 1 heterocycles. The van der Waals surface area contributed by atoms with E-state index in [0.29, 0.717) is 6.54 Å². The first-order valence-corrected chi connectivity index (χ1v) is 5.87. The van der Waals surface area contributed by atoms with E-state index in [2.05, 4.69) is 10.3 Å². The Labute approximate surface area is 105 Å². The number of H-pyrrole nitrogens is 1. The number of para-hydroxylation sites is 1. The summed E-state index contributed by atoms with van der Waals surface area (Å²) in [6.07, 6.45) is 1.87. The third-order valence-corrected chi connectivity index (χ3v) is 3.24. The molecule has 0 aliphatic carbocycles. The zero-order valence-electron chi connectivity index (χ0n) is 10.1. The Balaban J connectivity index is 2.17. The maximum absolute atomic E-state index is 9.24. The Hall–Kier alpha value is -1.40. The van der Waals surface area contributed by atoms with Gasteiger partial charge in [-0.15, -0.1) is 0 Å². The van der Waals surface area contributed by atoms with Crippen LogP contribution in [0.2, 0.25) is 0 Å². The fourth-order valence-corrected chi connectivity index (χ4v) is 1.90. The quantitative estimate of drug-likeness (QED) is 0.498. The van der Waals surface area contributed by atoms with Gasteiger partial charge in [0.15, 0.2) is 0 Å². The molecule has 18 heavy (non-hydrogen) atoms. The standard InChI is InChI=1S/C13H18N2O3/c16-7-13(8-17,9-18)15-6-11-3-1-2-10-4-5-14-12(10)11/h1-5,14-18H,6-9H2. The molecule has 2 aromatic rings. The summed E-state index contributed by atoms with van der Waals surface area (Å²) in [5, 5.41) is 31.8. The summed E-state index contributed by atoms with van der Waals surface area (Å²) < 4.78 is 0. The first-order valence-electron chi connectivity index (χ1n) is 5.87. The van der Waals surface area contributed by atoms with E-state index in [-0.39, 0.29) is 19.8 Å². The maximum Gasteiger partial charge on any atom is 0.0884 e. The average molecular weight is 250 g/mol. The van der Waals surface area contributed by atoms with Crippen LogP contribution in [0.5, 0.6) is 0 Å². The minimum Gasteiger partial charge on any atom is -0.394 e. The Kier molecular flexibility index (Phi) is 3.98. The van der Waals surface area contributed by atoms with Crippen LogP contribution in [0.3, 0.4) is 0 Å². The Morgan fingerprint density at radius 1 is 1.06 bits per heavy atom. The fraction of sp³-hybridized carbons (Fsp3) is 0.385. The van der Waals surface area contributed by atoms with E-state index in [1.165, 1.54) is 0 Å². The molecule has 98 valence electrons. The zero-order valence-corrected chi connectivity index (χ0v) is 10.1. The molecule has 0 unspecified atom stereocenters. The van der Waals surface area contributed by atoms with Gasteiger partial charge in [-0.25, -0.2) is 0 Å². The summed E-state index contributed by atoms with van der Waals surface area (Å²) in [4.78, 5) is 3.15. The molecule has 5 N–H and O–H groups in total. The van der Waals surface area contributed by atoms with E-state index >= 15 is 0 Å². The van der Waals surface area contributed by atoms with E-state index in [0.717, 1.165) is 16.5 Å². The third-order valence-electron chi connectivity index (χ3n) is 3.24. The predicted molar refractivity (Wildman–Crippen MR) is 69.1 cm³/mol. The number of hydrogen-bond donors (Lipinski definition) is 5. The first-order chi connectivity index (χ1) is 8.74. The molecule has 0 saturated heterocycles. The summed E-state index contributed by atoms with van der Waals surface area (Å²) in [6.45, 7) is -0.498. The van der Waals surface area contributed by atoms with Crippen molar-refractivity contribution in [3.05, 3.63) is 36.0 Å². The highest BCUT2D eigenvalue weighted by molar-refractivity contribution is 5.82. The monoisotopic (exact) mass is 250 g/mol. The van der Waals surface area contributed by atoms with Crippen LogP contribution in [-0.2, 0) is 6.54 Å². The van der Waals surface area contributed by atoms with E-state index in [1.54, 1.807) is 0 Å². The molecule has 0 amide bonds. The van der Waals surface area contributed by atoms with Crippen LogP contribution >= 0.6 is 0 Å². The number of rotatable bonds is 6. The van der Waals surface area contributed by atoms with E-state index in [9.17, 15) is 15.3 Å². The van der Waals surface area contributed by atoms with E-state index in [1.807, 2.05) is 30.5 Å². The van der Waals surface area contributed by atoms with Crippen LogP contribution in [0.1, 0.15) is 5.56 Å². The fourth-order valence-electron chi connectivity index (χ4n) is 1.90. The minimum atomic E-state index is -1.05. The molecule has 2 rings (SSSR count). The third kappa shape index (κ3) is 2.39. The maximum atomic E-state index is 9.24. The van der Waals surface area contributed by atoms with Crippen LogP contribution in [-0.4, -0.2) is 45.7 Å². The lowest BCUT2D eigenvalue weighted by Gasteiger charge is -2.29. The molecule has 5 heteroatoms. The van der Waals surface area contributed by atoms with Crippen molar-refractivity contribution in [2.75, 3.05) is 19.8 Å². The van der Waals surface area contributed by atoms with Gasteiger partial charge < -0.3 is 25.6 Å². The van der Waals surface area contributed by atoms with Crippen molar-refractivity contribution in [2.45, 2.75) is 12.1 Å². The molecule has 0 spiro atoms. The van der Waals surface area contributed by atoms with Crippen molar-refractivity contribution in [1.82, 2.24) is 10.3 Å². The molecule has 0 radical (unpaired) electrons. The van der Waals surface area contributed by atoms with Gasteiger partial charge in [-0.2, -0.15) is 0 Å². The topological polar surface area (TPSA) is 88.5 Å². The van der Waals surface area contributed by atoms with Gasteiger partial charge in [0.2, 0.25) is 0 Å². The summed E-state index contributed by atoms with van der Waals surface area (Å²) in [7, 11) is 0. The molecule has 0 bridgehead atoms. The first kappa shape index (κ1) is 13.0. The van der Waals surface area contributed by atoms with Crippen LogP contribution in [0, 0.1) is 0 Å². The second-order valence-corrected chi connectivity index (χ2v) is 4.47. The lowest BCUT2D eigenvalue weighted by atomic mass is 10.0. The number of hydrogen-bond acceptors (Lipinski definition) is 4. The molecule has 0 aliphatic rings. The summed E-state index contributed by atoms with van der Waals surface area (Å²) in [5.74, 6) is 0.